The van der Waals surface area contributed by atoms with Crippen LogP contribution >= 0.6 is 0 Å². The number of aromatic nitrogens is 4. The molecule has 3 rings (SSSR count). The van der Waals surface area contributed by atoms with Crippen molar-refractivity contribution in [1.82, 2.24) is 20.6 Å². The summed E-state index contributed by atoms with van der Waals surface area (Å²) in [6.45, 7) is 1.92. The predicted octanol–water partition coefficient (Wildman–Crippen LogP) is 3.12. The number of carbonyl (C=O) groups is 1. The molecule has 1 amide bonds. The van der Waals surface area contributed by atoms with E-state index in [0.29, 0.717) is 0 Å². The van der Waals surface area contributed by atoms with Crippen molar-refractivity contribution in [3.63, 3.8) is 0 Å². The molecule has 140 valence electrons. The normalized spacial score (nSPS) is 12.6. The smallest absolute Gasteiger partial charge is 0.335 e. The summed E-state index contributed by atoms with van der Waals surface area (Å²) in [5, 5.41) is 16.8. The Morgan fingerprint density at radius 1 is 1.19 bits per heavy atom. The molecular weight excluding hydrogens is 359 g/mol. The molecule has 0 fully saturated rings. The highest BCUT2D eigenvalue weighted by Crippen LogP contribution is 2.31. The summed E-state index contributed by atoms with van der Waals surface area (Å²) in [6.07, 6.45) is -4.23. The molecule has 6 nitrogen and oxygen atoms in total. The molecule has 1 N–H and O–H groups in total. The third-order valence-electron chi connectivity index (χ3n) is 3.94. The molecular formula is C18H15F3N5O-. The van der Waals surface area contributed by atoms with Crippen LogP contribution in [0.5, 0.6) is 0 Å². The lowest BCUT2D eigenvalue weighted by Crippen LogP contribution is -2.24. The summed E-state index contributed by atoms with van der Waals surface area (Å²) in [5.41, 5.74) is 1.08. The lowest BCUT2D eigenvalue weighted by atomic mass is 9.96. The van der Waals surface area contributed by atoms with Crippen molar-refractivity contribution in [3.8, 4) is 0 Å². The van der Waals surface area contributed by atoms with Crippen molar-refractivity contribution in [2.45, 2.75) is 25.4 Å². The summed E-state index contributed by atoms with van der Waals surface area (Å²) in [6, 6.07) is 12.0. The average molecular weight is 374 g/mol. The number of amides is 1. The maximum atomic E-state index is 12.9. The fourth-order valence-electron chi connectivity index (χ4n) is 2.67. The van der Waals surface area contributed by atoms with Crippen LogP contribution in [0.1, 0.15) is 28.4 Å². The number of alkyl halides is 3. The second-order valence-corrected chi connectivity index (χ2v) is 6.05. The number of halogens is 3. The molecule has 0 aliphatic heterocycles. The van der Waals surface area contributed by atoms with E-state index in [1.807, 2.05) is 31.2 Å². The third-order valence-corrected chi connectivity index (χ3v) is 3.94. The first-order valence-corrected chi connectivity index (χ1v) is 8.05. The largest absolute Gasteiger partial charge is 0.416 e. The molecule has 9 heteroatoms. The van der Waals surface area contributed by atoms with Crippen molar-refractivity contribution in [1.29, 1.82) is 0 Å². The van der Waals surface area contributed by atoms with Gasteiger partial charge in [0.05, 0.1) is 11.5 Å². The van der Waals surface area contributed by atoms with Gasteiger partial charge in [0.2, 0.25) is 5.91 Å². The van der Waals surface area contributed by atoms with E-state index in [9.17, 15) is 18.0 Å². The van der Waals surface area contributed by atoms with Gasteiger partial charge in [0, 0.05) is 11.5 Å². The fourth-order valence-corrected chi connectivity index (χ4v) is 2.67. The van der Waals surface area contributed by atoms with Gasteiger partial charge in [-0.2, -0.15) is 18.4 Å². The minimum Gasteiger partial charge on any atom is -0.335 e. The van der Waals surface area contributed by atoms with Gasteiger partial charge in [-0.3, -0.25) is 15.1 Å². The SMILES string of the molecule is Cc1cccc(C[C@H](C(=O)Nc2cccc(C(F)(F)F)c2)c2nnn[n-]2)c1. The van der Waals surface area contributed by atoms with Crippen LogP contribution in [0.4, 0.5) is 18.9 Å². The number of carbonyl (C=O) groups excluding carboxylic acids is 1. The first-order chi connectivity index (χ1) is 12.8. The Kier molecular flexibility index (Phi) is 5.20. The highest BCUT2D eigenvalue weighted by molar-refractivity contribution is 5.95. The van der Waals surface area contributed by atoms with Crippen molar-refractivity contribution < 1.29 is 18.0 Å². The number of aryl methyl sites for hydroxylation is 1. The summed E-state index contributed by atoms with van der Waals surface area (Å²) >= 11 is 0. The predicted molar refractivity (Wildman–Crippen MR) is 90.8 cm³/mol. The van der Waals surface area contributed by atoms with E-state index in [1.54, 1.807) is 0 Å². The lowest BCUT2D eigenvalue weighted by Gasteiger charge is -2.18. The van der Waals surface area contributed by atoms with Crippen LogP contribution in [0.15, 0.2) is 48.5 Å². The molecule has 1 atom stereocenters. The Bertz CT molecular complexity index is 925. The number of benzene rings is 2. The monoisotopic (exact) mass is 374 g/mol. The van der Waals surface area contributed by atoms with Gasteiger partial charge in [0.1, 0.15) is 0 Å². The Morgan fingerprint density at radius 2 is 1.96 bits per heavy atom. The number of nitrogens with zero attached hydrogens (tertiary/aromatic N) is 4. The standard InChI is InChI=1S/C18H16F3N5O/c1-11-4-2-5-12(8-11)9-15(16-23-25-26-24-16)17(27)22-14-7-3-6-13(10-14)18(19,20)21/h2-8,10,15H,9H2,1H3,(H2,22,23,24,25,26,27)/p-1/t15-/m0/s1. The minimum absolute atomic E-state index is 0.0385. The fraction of sp³-hybridized carbons (Fsp3) is 0.222. The number of tetrazole rings is 1. The second kappa shape index (κ2) is 7.56. The zero-order chi connectivity index (χ0) is 19.4. The highest BCUT2D eigenvalue weighted by Gasteiger charge is 2.30. The van der Waals surface area contributed by atoms with Gasteiger partial charge in [0.25, 0.3) is 0 Å². The van der Waals surface area contributed by atoms with Gasteiger partial charge in [-0.15, -0.1) is 0 Å². The van der Waals surface area contributed by atoms with E-state index in [-0.39, 0.29) is 17.9 Å². The van der Waals surface area contributed by atoms with Crippen LogP contribution in [0, 0.1) is 6.92 Å². The molecule has 1 heterocycles. The quantitative estimate of drug-likeness (QED) is 0.742. The Morgan fingerprint density at radius 3 is 2.63 bits per heavy atom. The number of rotatable bonds is 5. The zero-order valence-electron chi connectivity index (χ0n) is 14.2. The van der Waals surface area contributed by atoms with Crippen LogP contribution in [0.25, 0.3) is 0 Å². The number of hydrogen-bond acceptors (Lipinski definition) is 4. The number of hydrogen-bond donors (Lipinski definition) is 1. The number of nitrogens with one attached hydrogen (secondary N) is 1. The zero-order valence-corrected chi connectivity index (χ0v) is 14.2. The summed E-state index contributed by atoms with van der Waals surface area (Å²) in [5.74, 6) is -1.26. The van der Waals surface area contributed by atoms with Gasteiger partial charge in [-0.1, -0.05) is 35.9 Å². The third kappa shape index (κ3) is 4.69. The molecule has 2 aromatic carbocycles. The lowest BCUT2D eigenvalue weighted by molar-refractivity contribution is -0.137. The Labute approximate surface area is 152 Å². The van der Waals surface area contributed by atoms with Crippen LogP contribution in [0.3, 0.4) is 0 Å². The van der Waals surface area contributed by atoms with E-state index >= 15 is 0 Å². The van der Waals surface area contributed by atoms with Gasteiger partial charge >= 0.3 is 6.18 Å². The second-order valence-electron chi connectivity index (χ2n) is 6.05. The molecule has 0 bridgehead atoms. The van der Waals surface area contributed by atoms with Crippen molar-refractivity contribution in [2.75, 3.05) is 5.32 Å². The van der Waals surface area contributed by atoms with Crippen LogP contribution in [-0.4, -0.2) is 21.4 Å². The molecule has 0 aliphatic carbocycles. The molecule has 0 aliphatic rings. The van der Waals surface area contributed by atoms with Crippen LogP contribution in [0.2, 0.25) is 0 Å². The molecule has 3 aromatic rings. The first-order valence-electron chi connectivity index (χ1n) is 8.05. The van der Waals surface area contributed by atoms with E-state index in [1.165, 1.54) is 12.1 Å². The van der Waals surface area contributed by atoms with Gasteiger partial charge in [-0.05, 0) is 37.1 Å². The Balaban J connectivity index is 1.84. The topological polar surface area (TPSA) is 81.9 Å². The molecule has 0 saturated heterocycles. The van der Waals surface area contributed by atoms with Crippen molar-refractivity contribution in [2.24, 2.45) is 0 Å². The van der Waals surface area contributed by atoms with Crippen molar-refractivity contribution in [3.05, 3.63) is 71.0 Å². The summed E-state index contributed by atoms with van der Waals surface area (Å²) in [4.78, 5) is 12.7. The maximum Gasteiger partial charge on any atom is 0.416 e. The molecule has 27 heavy (non-hydrogen) atoms. The van der Waals surface area contributed by atoms with Crippen LogP contribution in [-0.2, 0) is 17.4 Å². The van der Waals surface area contributed by atoms with Gasteiger partial charge in [0.15, 0.2) is 0 Å². The van der Waals surface area contributed by atoms with Gasteiger partial charge in [-0.25, -0.2) is 0 Å². The van der Waals surface area contributed by atoms with E-state index in [0.717, 1.165) is 23.3 Å². The molecule has 0 saturated carbocycles. The minimum atomic E-state index is -4.50. The highest BCUT2D eigenvalue weighted by atomic mass is 19.4. The summed E-state index contributed by atoms with van der Waals surface area (Å²) in [7, 11) is 0. The molecule has 0 spiro atoms. The number of anilines is 1. The van der Waals surface area contributed by atoms with Crippen molar-refractivity contribution >= 4 is 11.6 Å². The Hall–Kier alpha value is -3.23. The maximum absolute atomic E-state index is 12.9. The van der Waals surface area contributed by atoms with E-state index in [2.05, 4.69) is 25.9 Å². The summed E-state index contributed by atoms with van der Waals surface area (Å²) < 4.78 is 38.6. The molecule has 0 unspecified atom stereocenters. The molecule has 0 radical (unpaired) electrons. The average Bonchev–Trinajstić information content (AvgIpc) is 3.13. The molecule has 1 aromatic heterocycles. The first kappa shape index (κ1) is 18.6. The van der Waals surface area contributed by atoms with E-state index < -0.39 is 23.6 Å². The van der Waals surface area contributed by atoms with E-state index in [4.69, 9.17) is 0 Å². The van der Waals surface area contributed by atoms with Gasteiger partial charge < -0.3 is 10.4 Å². The van der Waals surface area contributed by atoms with Crippen LogP contribution < -0.4 is 10.4 Å².